The molecule has 0 saturated heterocycles. The summed E-state index contributed by atoms with van der Waals surface area (Å²) in [6.07, 6.45) is 18.7. The van der Waals surface area contributed by atoms with Crippen molar-refractivity contribution in [3.8, 4) is 0 Å². The maximum atomic E-state index is 5.54. The fourth-order valence-corrected chi connectivity index (χ4v) is 9.75. The van der Waals surface area contributed by atoms with Crippen LogP contribution in [0.2, 0.25) is 0 Å². The van der Waals surface area contributed by atoms with Gasteiger partial charge in [-0.2, -0.15) is 25.3 Å². The molecule has 0 heterocycles. The highest BCUT2D eigenvalue weighted by molar-refractivity contribution is 7.84. The van der Waals surface area contributed by atoms with Gasteiger partial charge in [0.2, 0.25) is 0 Å². The zero-order valence-electron chi connectivity index (χ0n) is 29.4. The van der Waals surface area contributed by atoms with Crippen LogP contribution in [0.4, 0.5) is 0 Å². The fraction of sp³-hybridized carbons (Fsp3) is 0.409. The Morgan fingerprint density at radius 2 is 0.940 bits per heavy atom. The molecule has 268 valence electrons. The lowest BCUT2D eigenvalue weighted by Crippen LogP contribution is -2.41. The minimum atomic E-state index is -0.752. The first-order valence-electron chi connectivity index (χ1n) is 18.5. The molecule has 0 aromatic heterocycles. The van der Waals surface area contributed by atoms with Gasteiger partial charge in [0.05, 0.1) is 5.25 Å². The monoisotopic (exact) mass is 776 g/mol. The van der Waals surface area contributed by atoms with Crippen molar-refractivity contribution in [2.24, 2.45) is 0 Å². The highest BCUT2D eigenvalue weighted by Crippen LogP contribution is 2.59. The average molecular weight is 777 g/mol. The van der Waals surface area contributed by atoms with Gasteiger partial charge in [-0.3, -0.25) is 0 Å². The van der Waals surface area contributed by atoms with E-state index >= 15 is 0 Å². The smallest absolute Gasteiger partial charge is 0.0729 e. The molecule has 4 aromatic rings. The summed E-state index contributed by atoms with van der Waals surface area (Å²) in [6.45, 7) is 3.95. The molecular weight excluding hydrogens is 721 g/mol. The molecule has 0 amide bonds. The molecule has 2 radical (unpaired) electrons. The molecule has 0 saturated carbocycles. The summed E-state index contributed by atoms with van der Waals surface area (Å²) in [4.78, 5) is 3.66. The predicted molar refractivity (Wildman–Crippen MR) is 237 cm³/mol. The normalized spacial score (nSPS) is 13.1. The lowest BCUT2D eigenvalue weighted by Gasteiger charge is -2.48. The third-order valence-electron chi connectivity index (χ3n) is 10.1. The van der Waals surface area contributed by atoms with Crippen LogP contribution < -0.4 is 0 Å². The van der Waals surface area contributed by atoms with E-state index in [0.29, 0.717) is 5.25 Å². The van der Waals surface area contributed by atoms with Gasteiger partial charge >= 0.3 is 0 Å². The molecule has 0 aliphatic carbocycles. The molecule has 0 N–H and O–H groups in total. The van der Waals surface area contributed by atoms with E-state index in [1.54, 1.807) is 0 Å². The van der Waals surface area contributed by atoms with E-state index in [1.807, 2.05) is 24.3 Å². The summed E-state index contributed by atoms with van der Waals surface area (Å²) in [5, 5.41) is 1.21. The molecule has 2 unspecified atom stereocenters. The quantitative estimate of drug-likeness (QED) is 0.0332. The average Bonchev–Trinajstić information content (AvgIpc) is 3.12. The SMILES string of the molecule is [CH2]CCCCCCCCCCCCCC(S)CCC(c1ccccc1S)C([C](S)c1ccccc1S)(c1ccccc1S)c1ccccc1S. The van der Waals surface area contributed by atoms with Crippen molar-refractivity contribution in [3.05, 3.63) is 131 Å². The number of hydrogen-bond acceptors (Lipinski definition) is 6. The Bertz CT molecular complexity index is 1520. The highest BCUT2D eigenvalue weighted by atomic mass is 32.1. The molecule has 2 atom stereocenters. The van der Waals surface area contributed by atoms with Crippen molar-refractivity contribution in [2.45, 2.75) is 132 Å². The first kappa shape index (κ1) is 41.7. The van der Waals surface area contributed by atoms with Crippen molar-refractivity contribution < 1.29 is 0 Å². The van der Waals surface area contributed by atoms with Crippen molar-refractivity contribution in [1.82, 2.24) is 0 Å². The maximum Gasteiger partial charge on any atom is 0.0729 e. The molecule has 0 spiro atoms. The van der Waals surface area contributed by atoms with Crippen molar-refractivity contribution >= 4 is 75.8 Å². The lowest BCUT2D eigenvalue weighted by molar-refractivity contribution is 0.403. The van der Waals surface area contributed by atoms with Crippen LogP contribution in [0.15, 0.2) is 117 Å². The Labute approximate surface area is 337 Å². The Kier molecular flexibility index (Phi) is 18.6. The molecule has 0 aliphatic rings. The van der Waals surface area contributed by atoms with Crippen LogP contribution in [0, 0.1) is 12.2 Å². The zero-order valence-corrected chi connectivity index (χ0v) is 34.8. The van der Waals surface area contributed by atoms with Crippen LogP contribution in [0.5, 0.6) is 0 Å². The van der Waals surface area contributed by atoms with Crippen LogP contribution in [-0.2, 0) is 5.41 Å². The molecule has 0 aliphatic heterocycles. The minimum absolute atomic E-state index is 0.0495. The van der Waals surface area contributed by atoms with Gasteiger partial charge in [-0.1, -0.05) is 157 Å². The predicted octanol–water partition coefficient (Wildman–Crippen LogP) is 14.4. The first-order chi connectivity index (χ1) is 24.3. The van der Waals surface area contributed by atoms with Crippen molar-refractivity contribution in [1.29, 1.82) is 0 Å². The Morgan fingerprint density at radius 3 is 1.44 bits per heavy atom. The van der Waals surface area contributed by atoms with Crippen LogP contribution >= 0.6 is 75.8 Å². The molecule has 0 nitrogen and oxygen atoms in total. The summed E-state index contributed by atoms with van der Waals surface area (Å²) in [7, 11) is 0. The van der Waals surface area contributed by atoms with Gasteiger partial charge in [-0.25, -0.2) is 0 Å². The molecule has 6 heteroatoms. The Morgan fingerprint density at radius 1 is 0.500 bits per heavy atom. The summed E-state index contributed by atoms with van der Waals surface area (Å²) in [6, 6.07) is 33.6. The van der Waals surface area contributed by atoms with Crippen LogP contribution in [0.25, 0.3) is 0 Å². The van der Waals surface area contributed by atoms with E-state index < -0.39 is 5.41 Å². The van der Waals surface area contributed by atoms with Crippen LogP contribution in [0.3, 0.4) is 0 Å². The van der Waals surface area contributed by atoms with E-state index in [9.17, 15) is 0 Å². The number of thiol groups is 6. The Balaban J connectivity index is 1.62. The van der Waals surface area contributed by atoms with Gasteiger partial charge in [-0.05, 0) is 65.8 Å². The van der Waals surface area contributed by atoms with Crippen molar-refractivity contribution in [3.63, 3.8) is 0 Å². The highest BCUT2D eigenvalue weighted by Gasteiger charge is 2.51. The molecule has 50 heavy (non-hydrogen) atoms. The Hall–Kier alpha value is -1.02. The molecule has 0 fully saturated rings. The third-order valence-corrected chi connectivity index (χ3v) is 12.8. The van der Waals surface area contributed by atoms with Gasteiger partial charge < -0.3 is 0 Å². The number of hydrogen-bond donors (Lipinski definition) is 6. The third kappa shape index (κ3) is 11.2. The summed E-state index contributed by atoms with van der Waals surface area (Å²) >= 11 is 31.1. The van der Waals surface area contributed by atoms with E-state index in [1.165, 1.54) is 76.2 Å². The van der Waals surface area contributed by atoms with E-state index in [4.69, 9.17) is 75.8 Å². The number of unbranched alkanes of at least 4 members (excludes halogenated alkanes) is 11. The van der Waals surface area contributed by atoms with Gasteiger partial charge in [0.1, 0.15) is 0 Å². The molecule has 0 bridgehead atoms. The first-order valence-corrected chi connectivity index (χ1v) is 21.2. The van der Waals surface area contributed by atoms with Crippen LogP contribution in [-0.4, -0.2) is 5.25 Å². The van der Waals surface area contributed by atoms with Gasteiger partial charge in [0.15, 0.2) is 0 Å². The second-order valence-electron chi connectivity index (χ2n) is 13.6. The van der Waals surface area contributed by atoms with Gasteiger partial charge in [0.25, 0.3) is 0 Å². The number of rotatable bonds is 22. The minimum Gasteiger partial charge on any atom is -0.176 e. The fourth-order valence-electron chi connectivity index (χ4n) is 7.48. The van der Waals surface area contributed by atoms with Gasteiger partial charge in [-0.15, -0.1) is 50.5 Å². The van der Waals surface area contributed by atoms with Crippen molar-refractivity contribution in [2.75, 3.05) is 0 Å². The van der Waals surface area contributed by atoms with Gasteiger partial charge in [0, 0.05) is 36.2 Å². The maximum absolute atomic E-state index is 5.54. The second-order valence-corrected chi connectivity index (χ2v) is 16.7. The standard InChI is InChI=1S/C44H56S6/c1-2-3-4-5-6-7-8-9-10-11-12-13-22-33(45)31-32-36(34-23-14-18-27-39(34)46)44(37-25-16-20-29-41(37)48,38-26-17-21-30-42(38)49)43(50)35-24-15-19-28-40(35)47/h14-21,23-30,33,36,45-50H,1-13,22,31-32H2. The summed E-state index contributed by atoms with van der Waals surface area (Å²) in [5.41, 5.74) is 3.59. The zero-order chi connectivity index (χ0) is 35.8. The van der Waals surface area contributed by atoms with Crippen LogP contribution in [0.1, 0.15) is 124 Å². The topological polar surface area (TPSA) is 0 Å². The molecular formula is C44H56S6. The van der Waals surface area contributed by atoms with E-state index in [0.717, 1.165) is 67.2 Å². The summed E-state index contributed by atoms with van der Waals surface area (Å²) in [5.74, 6) is -0.0495. The lowest BCUT2D eigenvalue weighted by atomic mass is 9.59. The van der Waals surface area contributed by atoms with E-state index in [2.05, 4.69) is 79.7 Å². The number of benzene rings is 4. The largest absolute Gasteiger partial charge is 0.176 e. The van der Waals surface area contributed by atoms with E-state index in [-0.39, 0.29) is 5.92 Å². The molecule has 4 rings (SSSR count). The second kappa shape index (κ2) is 22.3. The summed E-state index contributed by atoms with van der Waals surface area (Å²) < 4.78 is 0. The molecule has 4 aromatic carbocycles.